The molecule has 2 heterocycles. The number of aromatic nitrogens is 3. The summed E-state index contributed by atoms with van der Waals surface area (Å²) in [5.41, 5.74) is 2.29. The summed E-state index contributed by atoms with van der Waals surface area (Å²) in [7, 11) is 1.96. The van der Waals surface area contributed by atoms with Gasteiger partial charge in [-0.05, 0) is 26.8 Å². The van der Waals surface area contributed by atoms with E-state index in [-0.39, 0.29) is 0 Å². The number of rotatable bonds is 5. The molecule has 2 aromatic rings. The van der Waals surface area contributed by atoms with E-state index in [1.54, 1.807) is 11.3 Å². The maximum atomic E-state index is 4.51. The fourth-order valence-electron chi connectivity index (χ4n) is 1.78. The quantitative estimate of drug-likeness (QED) is 0.903. The third-order valence-electron chi connectivity index (χ3n) is 3.12. The third-order valence-corrected chi connectivity index (χ3v) is 4.33. The molecule has 0 aromatic carbocycles. The van der Waals surface area contributed by atoms with Crippen LogP contribution in [0.5, 0.6) is 0 Å². The van der Waals surface area contributed by atoms with E-state index in [0.717, 1.165) is 29.2 Å². The Kier molecular flexibility index (Phi) is 4.14. The minimum atomic E-state index is 0.369. The zero-order chi connectivity index (χ0) is 13.1. The van der Waals surface area contributed by atoms with Crippen molar-refractivity contribution in [3.63, 3.8) is 0 Å². The Labute approximate surface area is 112 Å². The highest BCUT2D eigenvalue weighted by molar-refractivity contribution is 7.15. The van der Waals surface area contributed by atoms with Crippen LogP contribution in [0.2, 0.25) is 0 Å². The lowest BCUT2D eigenvalue weighted by Gasteiger charge is -2.09. The lowest BCUT2D eigenvalue weighted by molar-refractivity contribution is 0.577. The molecule has 1 atom stereocenters. The minimum Gasteiger partial charge on any atom is -0.309 e. The highest BCUT2D eigenvalue weighted by atomic mass is 32.1. The maximum Gasteiger partial charge on any atom is 0.127 e. The predicted octanol–water partition coefficient (Wildman–Crippen LogP) is 2.91. The Hall–Kier alpha value is -1.20. The molecule has 0 saturated carbocycles. The van der Waals surface area contributed by atoms with Crippen molar-refractivity contribution in [2.45, 2.75) is 33.2 Å². The third kappa shape index (κ3) is 2.62. The van der Waals surface area contributed by atoms with Crippen molar-refractivity contribution in [1.29, 1.82) is 0 Å². The van der Waals surface area contributed by atoms with Crippen LogP contribution in [0, 0.1) is 6.92 Å². The van der Waals surface area contributed by atoms with Crippen LogP contribution in [0.4, 0.5) is 0 Å². The van der Waals surface area contributed by atoms with Crippen molar-refractivity contribution in [1.82, 2.24) is 20.1 Å². The molecule has 98 valence electrons. The van der Waals surface area contributed by atoms with Crippen molar-refractivity contribution in [2.24, 2.45) is 7.05 Å². The zero-order valence-electron chi connectivity index (χ0n) is 11.4. The molecular weight excluding hydrogens is 244 g/mol. The van der Waals surface area contributed by atoms with Gasteiger partial charge in [0.25, 0.3) is 0 Å². The van der Waals surface area contributed by atoms with Gasteiger partial charge in [-0.15, -0.1) is 11.3 Å². The summed E-state index contributed by atoms with van der Waals surface area (Å²) in [6.07, 6.45) is 5.01. The molecule has 0 fully saturated rings. The number of thiazole rings is 1. The summed E-state index contributed by atoms with van der Waals surface area (Å²) < 4.78 is 1.88. The Bertz CT molecular complexity index is 515. The van der Waals surface area contributed by atoms with Crippen LogP contribution in [-0.2, 0) is 7.05 Å². The SMILES string of the molecule is CCCNC(C)c1cnc(-c2cnn(C)c2C)s1. The molecule has 0 aliphatic rings. The largest absolute Gasteiger partial charge is 0.309 e. The molecule has 0 spiro atoms. The molecule has 5 heteroatoms. The molecule has 0 radical (unpaired) electrons. The van der Waals surface area contributed by atoms with E-state index < -0.39 is 0 Å². The highest BCUT2D eigenvalue weighted by Crippen LogP contribution is 2.30. The van der Waals surface area contributed by atoms with Crippen LogP contribution in [0.3, 0.4) is 0 Å². The van der Waals surface area contributed by atoms with Gasteiger partial charge in [-0.3, -0.25) is 4.68 Å². The van der Waals surface area contributed by atoms with Gasteiger partial charge in [-0.1, -0.05) is 6.92 Å². The van der Waals surface area contributed by atoms with Crippen molar-refractivity contribution in [2.75, 3.05) is 6.54 Å². The van der Waals surface area contributed by atoms with E-state index >= 15 is 0 Å². The predicted molar refractivity (Wildman–Crippen MR) is 75.8 cm³/mol. The Morgan fingerprint density at radius 1 is 1.44 bits per heavy atom. The molecule has 18 heavy (non-hydrogen) atoms. The van der Waals surface area contributed by atoms with Gasteiger partial charge in [-0.25, -0.2) is 4.98 Å². The molecule has 0 bridgehead atoms. The lowest BCUT2D eigenvalue weighted by Crippen LogP contribution is -2.18. The molecule has 0 aliphatic heterocycles. The first kappa shape index (κ1) is 13.2. The second-order valence-electron chi connectivity index (χ2n) is 4.51. The molecule has 1 N–H and O–H groups in total. The van der Waals surface area contributed by atoms with Gasteiger partial charge in [0.05, 0.1) is 11.8 Å². The van der Waals surface area contributed by atoms with E-state index in [1.165, 1.54) is 4.88 Å². The van der Waals surface area contributed by atoms with Crippen LogP contribution in [0.15, 0.2) is 12.4 Å². The monoisotopic (exact) mass is 264 g/mol. The zero-order valence-corrected chi connectivity index (χ0v) is 12.2. The first-order chi connectivity index (χ1) is 8.63. The van der Waals surface area contributed by atoms with Gasteiger partial charge in [0.2, 0.25) is 0 Å². The lowest BCUT2D eigenvalue weighted by atomic mass is 10.3. The summed E-state index contributed by atoms with van der Waals surface area (Å²) in [5, 5.41) is 8.80. The Morgan fingerprint density at radius 3 is 2.83 bits per heavy atom. The summed E-state index contributed by atoms with van der Waals surface area (Å²) >= 11 is 1.75. The Morgan fingerprint density at radius 2 is 2.22 bits per heavy atom. The average molecular weight is 264 g/mol. The van der Waals surface area contributed by atoms with Gasteiger partial charge >= 0.3 is 0 Å². The molecule has 1 unspecified atom stereocenters. The molecular formula is C13H20N4S. The van der Waals surface area contributed by atoms with Crippen molar-refractivity contribution in [3.8, 4) is 10.6 Å². The van der Waals surface area contributed by atoms with Crippen molar-refractivity contribution in [3.05, 3.63) is 23.0 Å². The number of nitrogens with zero attached hydrogens (tertiary/aromatic N) is 3. The molecule has 0 saturated heterocycles. The van der Waals surface area contributed by atoms with Crippen LogP contribution in [0.1, 0.15) is 36.9 Å². The summed E-state index contributed by atoms with van der Waals surface area (Å²) in [5.74, 6) is 0. The van der Waals surface area contributed by atoms with Gasteiger partial charge < -0.3 is 5.32 Å². The average Bonchev–Trinajstić information content (AvgIpc) is 2.95. The van der Waals surface area contributed by atoms with Crippen LogP contribution in [-0.4, -0.2) is 21.3 Å². The standard InChI is InChI=1S/C13H20N4S/c1-5-6-14-9(2)12-8-15-13(18-12)11-7-16-17(4)10(11)3/h7-9,14H,5-6H2,1-4H3. The van der Waals surface area contributed by atoms with E-state index in [0.29, 0.717) is 6.04 Å². The summed E-state index contributed by atoms with van der Waals surface area (Å²) in [4.78, 5) is 5.79. The normalized spacial score (nSPS) is 12.9. The molecule has 0 amide bonds. The molecule has 0 aliphatic carbocycles. The minimum absolute atomic E-state index is 0.369. The van der Waals surface area contributed by atoms with E-state index in [2.05, 4.69) is 36.2 Å². The smallest absolute Gasteiger partial charge is 0.127 e. The van der Waals surface area contributed by atoms with E-state index in [1.807, 2.05) is 24.1 Å². The van der Waals surface area contributed by atoms with Gasteiger partial charge in [0.15, 0.2) is 0 Å². The van der Waals surface area contributed by atoms with Gasteiger partial charge in [0.1, 0.15) is 5.01 Å². The first-order valence-corrected chi connectivity index (χ1v) is 7.13. The van der Waals surface area contributed by atoms with Crippen LogP contribution in [0.25, 0.3) is 10.6 Å². The molecule has 4 nitrogen and oxygen atoms in total. The highest BCUT2D eigenvalue weighted by Gasteiger charge is 2.13. The van der Waals surface area contributed by atoms with Gasteiger partial charge in [0, 0.05) is 29.9 Å². The van der Waals surface area contributed by atoms with E-state index in [9.17, 15) is 0 Å². The number of hydrogen-bond acceptors (Lipinski definition) is 4. The molecule has 2 rings (SSSR count). The fourth-order valence-corrected chi connectivity index (χ4v) is 2.79. The van der Waals surface area contributed by atoms with Crippen molar-refractivity contribution < 1.29 is 0 Å². The number of nitrogens with one attached hydrogen (secondary N) is 1. The van der Waals surface area contributed by atoms with Crippen molar-refractivity contribution >= 4 is 11.3 Å². The topological polar surface area (TPSA) is 42.7 Å². The molecule has 2 aromatic heterocycles. The maximum absolute atomic E-state index is 4.51. The fraction of sp³-hybridized carbons (Fsp3) is 0.538. The Balaban J connectivity index is 2.17. The second-order valence-corrected chi connectivity index (χ2v) is 5.57. The van der Waals surface area contributed by atoms with E-state index in [4.69, 9.17) is 0 Å². The summed E-state index contributed by atoms with van der Waals surface area (Å²) in [6, 6.07) is 0.369. The number of aryl methyl sites for hydroxylation is 1. The van der Waals surface area contributed by atoms with Crippen LogP contribution >= 0.6 is 11.3 Å². The van der Waals surface area contributed by atoms with Gasteiger partial charge in [-0.2, -0.15) is 5.10 Å². The number of hydrogen-bond donors (Lipinski definition) is 1. The first-order valence-electron chi connectivity index (χ1n) is 6.31. The second kappa shape index (κ2) is 5.63. The van der Waals surface area contributed by atoms with Crippen LogP contribution < -0.4 is 5.32 Å². The summed E-state index contributed by atoms with van der Waals surface area (Å²) in [6.45, 7) is 7.47.